The second-order valence-electron chi connectivity index (χ2n) is 4.93. The summed E-state index contributed by atoms with van der Waals surface area (Å²) in [6.45, 7) is 4.76. The quantitative estimate of drug-likeness (QED) is 0.806. The summed E-state index contributed by atoms with van der Waals surface area (Å²) in [5, 5.41) is 4.43. The second kappa shape index (κ2) is 5.45. The maximum Gasteiger partial charge on any atom is 0.133 e. The van der Waals surface area contributed by atoms with Crippen LogP contribution in [0.25, 0.3) is 0 Å². The summed E-state index contributed by atoms with van der Waals surface area (Å²) in [5.41, 5.74) is 0.968. The molecule has 4 heteroatoms. The Hall–Kier alpha value is -1.16. The maximum absolute atomic E-state index is 11.1. The van der Waals surface area contributed by atoms with Gasteiger partial charge in [-0.2, -0.15) is 5.10 Å². The number of hydrogen-bond acceptors (Lipinski definition) is 3. The molecule has 1 aliphatic rings. The number of Topliss-reactive ketones (excluding diaryl/α,β-unsaturated/α-hetero) is 1. The van der Waals surface area contributed by atoms with E-state index in [4.69, 9.17) is 4.74 Å². The van der Waals surface area contributed by atoms with Gasteiger partial charge in [0.15, 0.2) is 0 Å². The van der Waals surface area contributed by atoms with Crippen LogP contribution >= 0.6 is 0 Å². The SMILES string of the molecule is CC(C)n1ccc(COC2CCC(=O)CC2)n1. The molecule has 0 unspecified atom stereocenters. The van der Waals surface area contributed by atoms with Gasteiger partial charge in [-0.15, -0.1) is 0 Å². The average Bonchev–Trinajstić information content (AvgIpc) is 2.77. The highest BCUT2D eigenvalue weighted by Crippen LogP contribution is 2.19. The molecule has 17 heavy (non-hydrogen) atoms. The predicted molar refractivity (Wildman–Crippen MR) is 64.7 cm³/mol. The van der Waals surface area contributed by atoms with Gasteiger partial charge in [-0.3, -0.25) is 9.48 Å². The third-order valence-corrected chi connectivity index (χ3v) is 3.15. The lowest BCUT2D eigenvalue weighted by atomic mass is 9.96. The highest BCUT2D eigenvalue weighted by molar-refractivity contribution is 5.79. The molecule has 0 atom stereocenters. The van der Waals surface area contributed by atoms with E-state index < -0.39 is 0 Å². The summed E-state index contributed by atoms with van der Waals surface area (Å²) in [6, 6.07) is 2.38. The van der Waals surface area contributed by atoms with Crippen molar-refractivity contribution >= 4 is 5.78 Å². The topological polar surface area (TPSA) is 44.1 Å². The molecule has 0 aromatic carbocycles. The van der Waals surface area contributed by atoms with Crippen LogP contribution in [0.4, 0.5) is 0 Å². The molecule has 0 spiro atoms. The van der Waals surface area contributed by atoms with Gasteiger partial charge in [0, 0.05) is 25.1 Å². The van der Waals surface area contributed by atoms with Crippen LogP contribution in [0.5, 0.6) is 0 Å². The maximum atomic E-state index is 11.1. The highest BCUT2D eigenvalue weighted by Gasteiger charge is 2.19. The van der Waals surface area contributed by atoms with Crippen LogP contribution in [-0.4, -0.2) is 21.7 Å². The molecule has 1 fully saturated rings. The summed E-state index contributed by atoms with van der Waals surface area (Å²) in [4.78, 5) is 11.1. The number of carbonyl (C=O) groups excluding carboxylic acids is 1. The summed E-state index contributed by atoms with van der Waals surface area (Å²) >= 11 is 0. The molecule has 1 aromatic rings. The van der Waals surface area contributed by atoms with Gasteiger partial charge in [0.25, 0.3) is 0 Å². The second-order valence-corrected chi connectivity index (χ2v) is 4.93. The first-order valence-electron chi connectivity index (χ1n) is 6.32. The van der Waals surface area contributed by atoms with Crippen molar-refractivity contribution in [2.24, 2.45) is 0 Å². The molecule has 0 aliphatic heterocycles. The monoisotopic (exact) mass is 236 g/mol. The van der Waals surface area contributed by atoms with Gasteiger partial charge in [-0.05, 0) is 32.8 Å². The predicted octanol–water partition coefficient (Wildman–Crippen LogP) is 2.49. The van der Waals surface area contributed by atoms with Crippen molar-refractivity contribution in [2.75, 3.05) is 0 Å². The number of aromatic nitrogens is 2. The van der Waals surface area contributed by atoms with Crippen molar-refractivity contribution in [1.82, 2.24) is 9.78 Å². The van der Waals surface area contributed by atoms with Gasteiger partial charge in [0.2, 0.25) is 0 Å². The van der Waals surface area contributed by atoms with Crippen LogP contribution < -0.4 is 0 Å². The summed E-state index contributed by atoms with van der Waals surface area (Å²) in [7, 11) is 0. The first-order valence-corrected chi connectivity index (χ1v) is 6.32. The molecule has 94 valence electrons. The smallest absolute Gasteiger partial charge is 0.133 e. The van der Waals surface area contributed by atoms with E-state index in [1.807, 2.05) is 16.9 Å². The lowest BCUT2D eigenvalue weighted by Gasteiger charge is -2.20. The molecule has 1 saturated carbocycles. The molecule has 0 saturated heterocycles. The Morgan fingerprint density at radius 3 is 2.76 bits per heavy atom. The van der Waals surface area contributed by atoms with E-state index >= 15 is 0 Å². The number of ether oxygens (including phenoxy) is 1. The van der Waals surface area contributed by atoms with E-state index in [1.165, 1.54) is 0 Å². The summed E-state index contributed by atoms with van der Waals surface area (Å²) in [5.74, 6) is 0.369. The van der Waals surface area contributed by atoms with Gasteiger partial charge < -0.3 is 4.74 Å². The van der Waals surface area contributed by atoms with Crippen molar-refractivity contribution in [1.29, 1.82) is 0 Å². The lowest BCUT2D eigenvalue weighted by Crippen LogP contribution is -2.21. The Bertz CT molecular complexity index is 375. The van der Waals surface area contributed by atoms with Crippen molar-refractivity contribution < 1.29 is 9.53 Å². The molecule has 0 N–H and O–H groups in total. The minimum Gasteiger partial charge on any atom is -0.372 e. The van der Waals surface area contributed by atoms with E-state index in [-0.39, 0.29) is 6.10 Å². The van der Waals surface area contributed by atoms with Crippen LogP contribution in [0, 0.1) is 0 Å². The van der Waals surface area contributed by atoms with E-state index in [2.05, 4.69) is 18.9 Å². The van der Waals surface area contributed by atoms with Crippen LogP contribution in [0.1, 0.15) is 51.3 Å². The molecule has 1 heterocycles. The first-order chi connectivity index (χ1) is 8.15. The van der Waals surface area contributed by atoms with E-state index in [1.54, 1.807) is 0 Å². The van der Waals surface area contributed by atoms with E-state index in [0.717, 1.165) is 18.5 Å². The van der Waals surface area contributed by atoms with Crippen LogP contribution in [0.2, 0.25) is 0 Å². The zero-order chi connectivity index (χ0) is 12.3. The normalized spacial score (nSPS) is 17.9. The molecular weight excluding hydrogens is 216 g/mol. The largest absolute Gasteiger partial charge is 0.372 e. The van der Waals surface area contributed by atoms with Crippen LogP contribution in [0.15, 0.2) is 12.3 Å². The van der Waals surface area contributed by atoms with Crippen molar-refractivity contribution in [2.45, 2.75) is 58.3 Å². The number of carbonyl (C=O) groups is 1. The van der Waals surface area contributed by atoms with Crippen molar-refractivity contribution in [3.8, 4) is 0 Å². The third-order valence-electron chi connectivity index (χ3n) is 3.15. The minimum absolute atomic E-state index is 0.233. The molecule has 1 aliphatic carbocycles. The lowest BCUT2D eigenvalue weighted by molar-refractivity contribution is -0.123. The van der Waals surface area contributed by atoms with Crippen LogP contribution in [0.3, 0.4) is 0 Å². The Labute approximate surface area is 102 Å². The Morgan fingerprint density at radius 2 is 2.18 bits per heavy atom. The molecule has 2 rings (SSSR count). The zero-order valence-corrected chi connectivity index (χ0v) is 10.6. The molecular formula is C13H20N2O2. The van der Waals surface area contributed by atoms with Gasteiger partial charge >= 0.3 is 0 Å². The molecule has 0 bridgehead atoms. The summed E-state index contributed by atoms with van der Waals surface area (Å²) < 4.78 is 7.72. The van der Waals surface area contributed by atoms with E-state index in [9.17, 15) is 4.79 Å². The summed E-state index contributed by atoms with van der Waals surface area (Å²) in [6.07, 6.45) is 5.29. The average molecular weight is 236 g/mol. The fraction of sp³-hybridized carbons (Fsp3) is 0.692. The van der Waals surface area contributed by atoms with E-state index in [0.29, 0.717) is 31.3 Å². The number of rotatable bonds is 4. The number of hydrogen-bond donors (Lipinski definition) is 0. The van der Waals surface area contributed by atoms with Gasteiger partial charge in [-0.1, -0.05) is 0 Å². The minimum atomic E-state index is 0.233. The zero-order valence-electron chi connectivity index (χ0n) is 10.6. The Balaban J connectivity index is 1.79. The van der Waals surface area contributed by atoms with Crippen molar-refractivity contribution in [3.05, 3.63) is 18.0 Å². The Morgan fingerprint density at radius 1 is 1.47 bits per heavy atom. The molecule has 0 amide bonds. The van der Waals surface area contributed by atoms with Crippen molar-refractivity contribution in [3.63, 3.8) is 0 Å². The number of nitrogens with zero attached hydrogens (tertiary/aromatic N) is 2. The molecule has 1 aromatic heterocycles. The Kier molecular flexibility index (Phi) is 3.94. The number of ketones is 1. The van der Waals surface area contributed by atoms with Gasteiger partial charge in [0.05, 0.1) is 18.4 Å². The van der Waals surface area contributed by atoms with Crippen LogP contribution in [-0.2, 0) is 16.1 Å². The fourth-order valence-corrected chi connectivity index (χ4v) is 2.03. The third kappa shape index (κ3) is 3.40. The van der Waals surface area contributed by atoms with Gasteiger partial charge in [-0.25, -0.2) is 0 Å². The first kappa shape index (κ1) is 12.3. The molecule has 0 radical (unpaired) electrons. The van der Waals surface area contributed by atoms with Gasteiger partial charge in [0.1, 0.15) is 5.78 Å². The fourth-order valence-electron chi connectivity index (χ4n) is 2.03. The standard InChI is InChI=1S/C13H20N2O2/c1-10(2)15-8-7-11(14-15)9-17-13-5-3-12(16)4-6-13/h7-8,10,13H,3-6,9H2,1-2H3. The molecule has 4 nitrogen and oxygen atoms in total. The highest BCUT2D eigenvalue weighted by atomic mass is 16.5.